The summed E-state index contributed by atoms with van der Waals surface area (Å²) in [5, 5.41) is 8.12. The van der Waals surface area contributed by atoms with E-state index in [-0.39, 0.29) is 0 Å². The molecule has 2 rings (SSSR count). The van der Waals surface area contributed by atoms with Crippen LogP contribution in [0, 0.1) is 5.92 Å². The summed E-state index contributed by atoms with van der Waals surface area (Å²) in [5.74, 6) is 2.29. The molecule has 1 fully saturated rings. The van der Waals surface area contributed by atoms with Gasteiger partial charge in [-0.25, -0.2) is 0 Å². The molecule has 1 aromatic rings. The molecule has 1 saturated heterocycles. The molecule has 0 aliphatic carbocycles. The van der Waals surface area contributed by atoms with Crippen LogP contribution in [-0.2, 0) is 13.6 Å². The van der Waals surface area contributed by atoms with E-state index >= 15 is 0 Å². The summed E-state index contributed by atoms with van der Waals surface area (Å²) in [7, 11) is 5.94. The van der Waals surface area contributed by atoms with Crippen LogP contribution >= 0.6 is 0 Å². The van der Waals surface area contributed by atoms with Gasteiger partial charge >= 0.3 is 0 Å². The molecule has 0 unspecified atom stereocenters. The van der Waals surface area contributed by atoms with E-state index in [9.17, 15) is 0 Å². The average molecular weight is 363 g/mol. The Morgan fingerprint density at radius 3 is 2.69 bits per heavy atom. The number of likely N-dealkylation sites (tertiary alicyclic amines) is 1. The van der Waals surface area contributed by atoms with E-state index < -0.39 is 0 Å². The summed E-state index contributed by atoms with van der Waals surface area (Å²) in [5.41, 5.74) is 2.45. The van der Waals surface area contributed by atoms with Crippen molar-refractivity contribution in [3.8, 4) is 0 Å². The van der Waals surface area contributed by atoms with Gasteiger partial charge < -0.3 is 15.1 Å². The average Bonchev–Trinajstić information content (AvgIpc) is 2.97. The Bertz CT molecular complexity index is 569. The fourth-order valence-corrected chi connectivity index (χ4v) is 3.67. The van der Waals surface area contributed by atoms with Gasteiger partial charge in [-0.1, -0.05) is 20.8 Å². The predicted molar refractivity (Wildman–Crippen MR) is 110 cm³/mol. The summed E-state index contributed by atoms with van der Waals surface area (Å²) in [4.78, 5) is 9.23. The van der Waals surface area contributed by atoms with Crippen LogP contribution in [0.5, 0.6) is 0 Å². The first-order chi connectivity index (χ1) is 12.4. The van der Waals surface area contributed by atoms with E-state index in [0.717, 1.165) is 31.4 Å². The number of piperidine rings is 1. The van der Waals surface area contributed by atoms with Crippen LogP contribution in [0.2, 0.25) is 0 Å². The van der Waals surface area contributed by atoms with Crippen LogP contribution < -0.4 is 5.32 Å². The van der Waals surface area contributed by atoms with Crippen molar-refractivity contribution in [3.63, 3.8) is 0 Å². The SMILES string of the molecule is CN=C(NCCCN1CCC(C)CC1)N(C)Cc1cn(C)nc1C(C)C. The lowest BCUT2D eigenvalue weighted by Gasteiger charge is -2.30. The number of aromatic nitrogens is 2. The van der Waals surface area contributed by atoms with Crippen LogP contribution in [0.15, 0.2) is 11.2 Å². The summed E-state index contributed by atoms with van der Waals surface area (Å²) >= 11 is 0. The maximum Gasteiger partial charge on any atom is 0.193 e. The number of aryl methyl sites for hydroxylation is 1. The van der Waals surface area contributed by atoms with Crippen molar-refractivity contribution in [3.05, 3.63) is 17.5 Å². The molecular formula is C20H38N6. The fraction of sp³-hybridized carbons (Fsp3) is 0.800. The van der Waals surface area contributed by atoms with Gasteiger partial charge in [0.1, 0.15) is 0 Å². The van der Waals surface area contributed by atoms with Gasteiger partial charge in [0, 0.05) is 46.0 Å². The van der Waals surface area contributed by atoms with E-state index in [0.29, 0.717) is 5.92 Å². The highest BCUT2D eigenvalue weighted by Gasteiger charge is 2.16. The van der Waals surface area contributed by atoms with Crippen molar-refractivity contribution in [2.75, 3.05) is 40.3 Å². The number of nitrogens with one attached hydrogen (secondary N) is 1. The van der Waals surface area contributed by atoms with Gasteiger partial charge in [0.15, 0.2) is 5.96 Å². The van der Waals surface area contributed by atoms with E-state index in [2.05, 4.69) is 59.2 Å². The molecule has 26 heavy (non-hydrogen) atoms. The van der Waals surface area contributed by atoms with Gasteiger partial charge in [-0.05, 0) is 50.7 Å². The third-order valence-electron chi connectivity index (χ3n) is 5.28. The highest BCUT2D eigenvalue weighted by atomic mass is 15.3. The molecule has 0 amide bonds. The van der Waals surface area contributed by atoms with E-state index in [4.69, 9.17) is 0 Å². The highest BCUT2D eigenvalue weighted by Crippen LogP contribution is 2.18. The second-order valence-corrected chi connectivity index (χ2v) is 8.08. The summed E-state index contributed by atoms with van der Waals surface area (Å²) in [6.07, 6.45) is 5.98. The number of aliphatic imine (C=N–C) groups is 1. The van der Waals surface area contributed by atoms with Crippen molar-refractivity contribution >= 4 is 5.96 Å². The lowest BCUT2D eigenvalue weighted by Crippen LogP contribution is -2.40. The zero-order valence-corrected chi connectivity index (χ0v) is 17.6. The largest absolute Gasteiger partial charge is 0.356 e. The highest BCUT2D eigenvalue weighted by molar-refractivity contribution is 5.79. The molecule has 148 valence electrons. The molecule has 1 aromatic heterocycles. The zero-order valence-electron chi connectivity index (χ0n) is 17.6. The maximum absolute atomic E-state index is 4.61. The second kappa shape index (κ2) is 9.95. The number of hydrogen-bond donors (Lipinski definition) is 1. The molecule has 0 radical (unpaired) electrons. The molecular weight excluding hydrogens is 324 g/mol. The van der Waals surface area contributed by atoms with Gasteiger partial charge in [0.2, 0.25) is 0 Å². The molecule has 2 heterocycles. The Labute approximate surface area is 159 Å². The van der Waals surface area contributed by atoms with Crippen molar-refractivity contribution in [2.24, 2.45) is 18.0 Å². The third-order valence-corrected chi connectivity index (χ3v) is 5.28. The standard InChI is InChI=1S/C20H38N6/c1-16(2)19-18(15-25(6)23-19)14-24(5)20(21-4)22-10-7-11-26-12-8-17(3)9-13-26/h15-17H,7-14H2,1-6H3,(H,21,22). The van der Waals surface area contributed by atoms with Gasteiger partial charge in [-0.15, -0.1) is 0 Å². The number of guanidine groups is 1. The Hall–Kier alpha value is -1.56. The van der Waals surface area contributed by atoms with Crippen molar-refractivity contribution < 1.29 is 0 Å². The lowest BCUT2D eigenvalue weighted by atomic mass is 9.99. The molecule has 0 bridgehead atoms. The molecule has 6 nitrogen and oxygen atoms in total. The Kier molecular flexibility index (Phi) is 7.94. The van der Waals surface area contributed by atoms with E-state index in [1.807, 2.05) is 18.8 Å². The molecule has 0 saturated carbocycles. The first kappa shape index (κ1) is 20.7. The smallest absolute Gasteiger partial charge is 0.193 e. The van der Waals surface area contributed by atoms with Crippen LogP contribution in [-0.4, -0.2) is 65.8 Å². The Morgan fingerprint density at radius 2 is 2.08 bits per heavy atom. The van der Waals surface area contributed by atoms with Crippen molar-refractivity contribution in [1.29, 1.82) is 0 Å². The van der Waals surface area contributed by atoms with Crippen LogP contribution in [0.1, 0.15) is 57.2 Å². The zero-order chi connectivity index (χ0) is 19.1. The summed E-state index contributed by atoms with van der Waals surface area (Å²) < 4.78 is 1.91. The summed E-state index contributed by atoms with van der Waals surface area (Å²) in [6.45, 7) is 12.2. The third kappa shape index (κ3) is 6.01. The molecule has 0 aromatic carbocycles. The lowest BCUT2D eigenvalue weighted by molar-refractivity contribution is 0.191. The topological polar surface area (TPSA) is 48.7 Å². The van der Waals surface area contributed by atoms with Gasteiger partial charge in [0.05, 0.1) is 5.69 Å². The maximum atomic E-state index is 4.61. The molecule has 1 aliphatic heterocycles. The summed E-state index contributed by atoms with van der Waals surface area (Å²) in [6, 6.07) is 0. The molecule has 0 atom stereocenters. The molecule has 0 spiro atoms. The quantitative estimate of drug-likeness (QED) is 0.460. The van der Waals surface area contributed by atoms with Crippen LogP contribution in [0.4, 0.5) is 0 Å². The Morgan fingerprint density at radius 1 is 1.38 bits per heavy atom. The predicted octanol–water partition coefficient (Wildman–Crippen LogP) is 2.67. The van der Waals surface area contributed by atoms with Gasteiger partial charge in [-0.2, -0.15) is 5.10 Å². The minimum absolute atomic E-state index is 0.432. The van der Waals surface area contributed by atoms with Crippen molar-refractivity contribution in [2.45, 2.75) is 52.5 Å². The second-order valence-electron chi connectivity index (χ2n) is 8.08. The normalized spacial score (nSPS) is 17.1. The molecule has 6 heteroatoms. The first-order valence-corrected chi connectivity index (χ1v) is 10.1. The van der Waals surface area contributed by atoms with Gasteiger partial charge in [0.25, 0.3) is 0 Å². The number of nitrogens with zero attached hydrogens (tertiary/aromatic N) is 5. The number of rotatable bonds is 7. The fourth-order valence-electron chi connectivity index (χ4n) is 3.67. The van der Waals surface area contributed by atoms with Crippen LogP contribution in [0.25, 0.3) is 0 Å². The van der Waals surface area contributed by atoms with Crippen molar-refractivity contribution in [1.82, 2.24) is 24.9 Å². The monoisotopic (exact) mass is 362 g/mol. The van der Waals surface area contributed by atoms with Gasteiger partial charge in [-0.3, -0.25) is 9.67 Å². The number of hydrogen-bond acceptors (Lipinski definition) is 3. The van der Waals surface area contributed by atoms with E-state index in [1.54, 1.807) is 0 Å². The minimum Gasteiger partial charge on any atom is -0.356 e. The van der Waals surface area contributed by atoms with Crippen LogP contribution in [0.3, 0.4) is 0 Å². The first-order valence-electron chi connectivity index (χ1n) is 10.1. The Balaban J connectivity index is 1.77. The molecule has 1 aliphatic rings. The minimum atomic E-state index is 0.432. The van der Waals surface area contributed by atoms with E-state index in [1.165, 1.54) is 43.7 Å². The molecule has 1 N–H and O–H groups in total.